The van der Waals surface area contributed by atoms with Crippen molar-refractivity contribution in [1.29, 1.82) is 0 Å². The fraction of sp³-hybridized carbons (Fsp3) is 0.143. The van der Waals surface area contributed by atoms with Gasteiger partial charge in [-0.1, -0.05) is 33.6 Å². The standard InChI is InChI=1S/C14H11BrClFO/c1-9-6-12(17)4-5-13(9)18-14-7-11(16)3-2-10(14)8-15/h2-7H,8H2,1H3. The van der Waals surface area contributed by atoms with E-state index in [-0.39, 0.29) is 5.82 Å². The van der Waals surface area contributed by atoms with Crippen molar-refractivity contribution < 1.29 is 9.13 Å². The van der Waals surface area contributed by atoms with Gasteiger partial charge in [0.05, 0.1) is 0 Å². The van der Waals surface area contributed by atoms with Crippen LogP contribution in [0, 0.1) is 12.7 Å². The zero-order valence-electron chi connectivity index (χ0n) is 9.71. The summed E-state index contributed by atoms with van der Waals surface area (Å²) in [6.07, 6.45) is 0. The third-order valence-electron chi connectivity index (χ3n) is 2.53. The molecule has 0 aliphatic rings. The lowest BCUT2D eigenvalue weighted by molar-refractivity contribution is 0.472. The lowest BCUT2D eigenvalue weighted by Crippen LogP contribution is -1.92. The van der Waals surface area contributed by atoms with Crippen LogP contribution in [0.3, 0.4) is 0 Å². The molecule has 4 heteroatoms. The molecular formula is C14H11BrClFO. The fourth-order valence-electron chi connectivity index (χ4n) is 1.58. The van der Waals surface area contributed by atoms with Gasteiger partial charge in [0, 0.05) is 15.9 Å². The van der Waals surface area contributed by atoms with Gasteiger partial charge in [0.1, 0.15) is 17.3 Å². The van der Waals surface area contributed by atoms with Crippen LogP contribution in [0.4, 0.5) is 4.39 Å². The van der Waals surface area contributed by atoms with Crippen molar-refractivity contribution in [1.82, 2.24) is 0 Å². The van der Waals surface area contributed by atoms with Crippen LogP contribution in [0.5, 0.6) is 11.5 Å². The number of rotatable bonds is 3. The zero-order chi connectivity index (χ0) is 13.1. The number of halogens is 3. The molecule has 2 aromatic carbocycles. The predicted octanol–water partition coefficient (Wildman–Crippen LogP) is 5.47. The Morgan fingerprint density at radius 2 is 1.94 bits per heavy atom. The van der Waals surface area contributed by atoms with Crippen molar-refractivity contribution >= 4 is 27.5 Å². The average molecular weight is 330 g/mol. The number of aryl methyl sites for hydroxylation is 1. The predicted molar refractivity (Wildman–Crippen MR) is 75.3 cm³/mol. The maximum atomic E-state index is 13.0. The molecule has 94 valence electrons. The first-order valence-electron chi connectivity index (χ1n) is 5.38. The van der Waals surface area contributed by atoms with Crippen LogP contribution in [0.15, 0.2) is 36.4 Å². The highest BCUT2D eigenvalue weighted by molar-refractivity contribution is 9.08. The number of benzene rings is 2. The van der Waals surface area contributed by atoms with E-state index in [9.17, 15) is 4.39 Å². The van der Waals surface area contributed by atoms with Crippen molar-refractivity contribution in [2.24, 2.45) is 0 Å². The molecule has 0 aliphatic carbocycles. The van der Waals surface area contributed by atoms with Crippen molar-refractivity contribution in [2.75, 3.05) is 0 Å². The Morgan fingerprint density at radius 1 is 1.17 bits per heavy atom. The summed E-state index contributed by atoms with van der Waals surface area (Å²) in [5.74, 6) is 1.03. The van der Waals surface area contributed by atoms with E-state index in [0.29, 0.717) is 21.9 Å². The van der Waals surface area contributed by atoms with Crippen molar-refractivity contribution in [3.8, 4) is 11.5 Å². The van der Waals surface area contributed by atoms with Gasteiger partial charge in [-0.3, -0.25) is 0 Å². The van der Waals surface area contributed by atoms with E-state index in [2.05, 4.69) is 15.9 Å². The van der Waals surface area contributed by atoms with Crippen molar-refractivity contribution in [3.05, 3.63) is 58.4 Å². The number of ether oxygens (including phenoxy) is 1. The molecule has 0 atom stereocenters. The van der Waals surface area contributed by atoms with E-state index in [1.807, 2.05) is 12.1 Å². The Kier molecular flexibility index (Phi) is 4.25. The molecule has 0 heterocycles. The molecule has 18 heavy (non-hydrogen) atoms. The highest BCUT2D eigenvalue weighted by atomic mass is 79.9. The number of hydrogen-bond acceptors (Lipinski definition) is 1. The molecule has 2 rings (SSSR count). The molecule has 0 spiro atoms. The second kappa shape index (κ2) is 5.72. The molecule has 0 aromatic heterocycles. The van der Waals surface area contributed by atoms with Gasteiger partial charge < -0.3 is 4.74 Å². The van der Waals surface area contributed by atoms with Gasteiger partial charge >= 0.3 is 0 Å². The second-order valence-electron chi connectivity index (χ2n) is 3.90. The van der Waals surface area contributed by atoms with E-state index in [0.717, 1.165) is 11.1 Å². The lowest BCUT2D eigenvalue weighted by Gasteiger charge is -2.12. The Labute approximate surface area is 119 Å². The molecule has 1 nitrogen and oxygen atoms in total. The summed E-state index contributed by atoms with van der Waals surface area (Å²) < 4.78 is 18.8. The molecule has 0 N–H and O–H groups in total. The number of hydrogen-bond donors (Lipinski definition) is 0. The molecule has 0 saturated carbocycles. The van der Waals surface area contributed by atoms with Gasteiger partial charge in [-0.15, -0.1) is 0 Å². The van der Waals surface area contributed by atoms with Crippen LogP contribution in [0.2, 0.25) is 5.02 Å². The normalized spacial score (nSPS) is 10.4. The average Bonchev–Trinajstić information content (AvgIpc) is 2.33. The molecular weight excluding hydrogens is 319 g/mol. The third-order valence-corrected chi connectivity index (χ3v) is 3.37. The summed E-state index contributed by atoms with van der Waals surface area (Å²) in [6, 6.07) is 9.88. The first-order valence-corrected chi connectivity index (χ1v) is 6.88. The summed E-state index contributed by atoms with van der Waals surface area (Å²) in [5, 5.41) is 1.27. The van der Waals surface area contributed by atoms with Gasteiger partial charge in [0.25, 0.3) is 0 Å². The van der Waals surface area contributed by atoms with Crippen LogP contribution in [-0.4, -0.2) is 0 Å². The molecule has 0 bridgehead atoms. The highest BCUT2D eigenvalue weighted by Gasteiger charge is 2.07. The molecule has 0 radical (unpaired) electrons. The summed E-state index contributed by atoms with van der Waals surface area (Å²) in [5.41, 5.74) is 1.73. The highest BCUT2D eigenvalue weighted by Crippen LogP contribution is 2.31. The van der Waals surface area contributed by atoms with Gasteiger partial charge in [-0.25, -0.2) is 4.39 Å². The second-order valence-corrected chi connectivity index (χ2v) is 4.89. The summed E-state index contributed by atoms with van der Waals surface area (Å²) in [6.45, 7) is 1.80. The van der Waals surface area contributed by atoms with Gasteiger partial charge in [0.2, 0.25) is 0 Å². The van der Waals surface area contributed by atoms with E-state index in [4.69, 9.17) is 16.3 Å². The monoisotopic (exact) mass is 328 g/mol. The van der Waals surface area contributed by atoms with Gasteiger partial charge in [0.15, 0.2) is 0 Å². The first-order chi connectivity index (χ1) is 8.60. The SMILES string of the molecule is Cc1cc(F)ccc1Oc1cc(Cl)ccc1CBr. The Balaban J connectivity index is 2.36. The molecule has 2 aromatic rings. The Morgan fingerprint density at radius 3 is 2.61 bits per heavy atom. The minimum atomic E-state index is -0.272. The molecule has 0 aliphatic heterocycles. The van der Waals surface area contributed by atoms with E-state index < -0.39 is 0 Å². The third kappa shape index (κ3) is 3.03. The maximum absolute atomic E-state index is 13.0. The van der Waals surface area contributed by atoms with Crippen LogP contribution < -0.4 is 4.74 Å². The topological polar surface area (TPSA) is 9.23 Å². The molecule has 0 amide bonds. The van der Waals surface area contributed by atoms with Gasteiger partial charge in [-0.2, -0.15) is 0 Å². The van der Waals surface area contributed by atoms with Crippen LogP contribution in [-0.2, 0) is 5.33 Å². The quantitative estimate of drug-likeness (QED) is 0.678. The van der Waals surface area contributed by atoms with Crippen molar-refractivity contribution in [2.45, 2.75) is 12.3 Å². The minimum Gasteiger partial charge on any atom is -0.457 e. The Bertz CT molecular complexity index is 572. The first kappa shape index (κ1) is 13.4. The summed E-state index contributed by atoms with van der Waals surface area (Å²) in [7, 11) is 0. The molecule has 0 fully saturated rings. The van der Waals surface area contributed by atoms with E-state index in [1.165, 1.54) is 12.1 Å². The smallest absolute Gasteiger partial charge is 0.132 e. The van der Waals surface area contributed by atoms with Crippen molar-refractivity contribution in [3.63, 3.8) is 0 Å². The summed E-state index contributed by atoms with van der Waals surface area (Å²) >= 11 is 9.34. The fourth-order valence-corrected chi connectivity index (χ4v) is 2.20. The van der Waals surface area contributed by atoms with Crippen LogP contribution in [0.1, 0.15) is 11.1 Å². The Hall–Kier alpha value is -1.06. The lowest BCUT2D eigenvalue weighted by atomic mass is 10.2. The van der Waals surface area contributed by atoms with E-state index in [1.54, 1.807) is 19.1 Å². The maximum Gasteiger partial charge on any atom is 0.132 e. The number of alkyl halides is 1. The van der Waals surface area contributed by atoms with E-state index >= 15 is 0 Å². The molecule has 0 saturated heterocycles. The zero-order valence-corrected chi connectivity index (χ0v) is 12.1. The minimum absolute atomic E-state index is 0.272. The molecule has 0 unspecified atom stereocenters. The van der Waals surface area contributed by atoms with Gasteiger partial charge in [-0.05, 0) is 42.8 Å². The van der Waals surface area contributed by atoms with Crippen LogP contribution in [0.25, 0.3) is 0 Å². The summed E-state index contributed by atoms with van der Waals surface area (Å²) in [4.78, 5) is 0. The van der Waals surface area contributed by atoms with Crippen LogP contribution >= 0.6 is 27.5 Å². The largest absolute Gasteiger partial charge is 0.457 e.